The van der Waals surface area contributed by atoms with Gasteiger partial charge < -0.3 is 19.8 Å². The summed E-state index contributed by atoms with van der Waals surface area (Å²) in [6, 6.07) is 0. The Morgan fingerprint density at radius 3 is 2.62 bits per heavy atom. The first-order valence-electron chi connectivity index (χ1n) is 5.30. The number of nitrogens with zero attached hydrogens (tertiary/aromatic N) is 2. The summed E-state index contributed by atoms with van der Waals surface area (Å²) in [7, 11) is 0.0369. The van der Waals surface area contributed by atoms with Crippen molar-refractivity contribution in [3.8, 4) is 0 Å². The Balaban J connectivity index is 2.56. The Morgan fingerprint density at radius 2 is 2.12 bits per heavy atom. The maximum Gasteiger partial charge on any atom is 0.475 e. The van der Waals surface area contributed by atoms with Gasteiger partial charge in [0.15, 0.2) is 0 Å². The molecule has 1 atom stereocenters. The average molecular weight is 228 g/mol. The lowest BCUT2D eigenvalue weighted by Crippen LogP contribution is -2.49. The smallest absolute Gasteiger partial charge is 0.426 e. The highest BCUT2D eigenvalue weighted by molar-refractivity contribution is 6.43. The van der Waals surface area contributed by atoms with Crippen LogP contribution in [0.1, 0.15) is 19.8 Å². The fourth-order valence-corrected chi connectivity index (χ4v) is 1.82. The number of carbonyl (C=O) groups is 2. The van der Waals surface area contributed by atoms with Crippen molar-refractivity contribution in [2.45, 2.75) is 25.7 Å². The molecule has 0 saturated carbocycles. The summed E-state index contributed by atoms with van der Waals surface area (Å²) in [5.74, 6) is -0.963. The van der Waals surface area contributed by atoms with E-state index < -0.39 is 13.1 Å². The number of amides is 2. The summed E-state index contributed by atoms with van der Waals surface area (Å²) in [4.78, 5) is 25.5. The van der Waals surface area contributed by atoms with Crippen molar-refractivity contribution in [3.05, 3.63) is 0 Å². The third-order valence-electron chi connectivity index (χ3n) is 2.87. The minimum absolute atomic E-state index is 0.0153. The van der Waals surface area contributed by atoms with Gasteiger partial charge in [-0.05, 0) is 12.8 Å². The van der Waals surface area contributed by atoms with Crippen LogP contribution in [-0.2, 0) is 9.59 Å². The summed E-state index contributed by atoms with van der Waals surface area (Å²) in [5.41, 5.74) is 0. The summed E-state index contributed by atoms with van der Waals surface area (Å²) >= 11 is 0. The molecular weight excluding hydrogens is 211 g/mol. The van der Waals surface area contributed by atoms with Crippen molar-refractivity contribution in [1.82, 2.24) is 9.80 Å². The Hall–Kier alpha value is -1.08. The predicted octanol–water partition coefficient (Wildman–Crippen LogP) is -1.53. The molecule has 1 fully saturated rings. The highest BCUT2D eigenvalue weighted by Crippen LogP contribution is 2.18. The van der Waals surface area contributed by atoms with E-state index in [4.69, 9.17) is 10.0 Å². The first kappa shape index (κ1) is 13.0. The third-order valence-corrected chi connectivity index (χ3v) is 2.87. The lowest BCUT2D eigenvalue weighted by Gasteiger charge is -2.26. The van der Waals surface area contributed by atoms with Gasteiger partial charge in [-0.15, -0.1) is 0 Å². The molecule has 0 aromatic carbocycles. The summed E-state index contributed by atoms with van der Waals surface area (Å²) in [6.45, 7) is 1.89. The van der Waals surface area contributed by atoms with Crippen LogP contribution in [0.15, 0.2) is 0 Å². The summed E-state index contributed by atoms with van der Waals surface area (Å²) < 4.78 is 0. The fraction of sp³-hybridized carbons (Fsp3) is 0.778. The Morgan fingerprint density at radius 1 is 1.50 bits per heavy atom. The van der Waals surface area contributed by atoms with Crippen molar-refractivity contribution in [3.63, 3.8) is 0 Å². The molecular formula is C9H17BN2O4. The zero-order valence-corrected chi connectivity index (χ0v) is 9.59. The summed E-state index contributed by atoms with van der Waals surface area (Å²) in [5, 5.41) is 18.2. The molecule has 7 heteroatoms. The SMILES string of the molecule is CC(=O)N(C)CC(=O)N1CCC[C@H]1B(O)O. The van der Waals surface area contributed by atoms with E-state index in [1.165, 1.54) is 16.7 Å². The van der Waals surface area contributed by atoms with Crippen LogP contribution in [0, 0.1) is 0 Å². The molecule has 0 aromatic heterocycles. The van der Waals surface area contributed by atoms with Crippen LogP contribution < -0.4 is 0 Å². The molecule has 2 amide bonds. The fourth-order valence-electron chi connectivity index (χ4n) is 1.82. The molecule has 90 valence electrons. The van der Waals surface area contributed by atoms with Crippen molar-refractivity contribution >= 4 is 18.9 Å². The maximum absolute atomic E-state index is 11.8. The molecule has 6 nitrogen and oxygen atoms in total. The van der Waals surface area contributed by atoms with E-state index in [1.54, 1.807) is 7.05 Å². The zero-order valence-electron chi connectivity index (χ0n) is 9.59. The quantitative estimate of drug-likeness (QED) is 0.574. The van der Waals surface area contributed by atoms with E-state index >= 15 is 0 Å². The summed E-state index contributed by atoms with van der Waals surface area (Å²) in [6.07, 6.45) is 1.35. The molecule has 1 aliphatic heterocycles. The molecule has 0 aromatic rings. The first-order valence-corrected chi connectivity index (χ1v) is 5.30. The minimum atomic E-state index is -1.51. The molecule has 0 radical (unpaired) electrons. The predicted molar refractivity (Wildman–Crippen MR) is 58.2 cm³/mol. The van der Waals surface area contributed by atoms with Gasteiger partial charge in [0, 0.05) is 20.5 Å². The maximum atomic E-state index is 11.8. The molecule has 2 N–H and O–H groups in total. The van der Waals surface area contributed by atoms with Crippen LogP contribution in [0.25, 0.3) is 0 Å². The standard InChI is InChI=1S/C9H17BN2O4/c1-7(13)11(2)6-9(14)12-5-3-4-8(12)10(15)16/h8,15-16H,3-6H2,1-2H3/t8-/m0/s1. The minimum Gasteiger partial charge on any atom is -0.426 e. The van der Waals surface area contributed by atoms with Gasteiger partial charge in [0.1, 0.15) is 0 Å². The van der Waals surface area contributed by atoms with E-state index in [-0.39, 0.29) is 18.4 Å². The van der Waals surface area contributed by atoms with Crippen molar-refractivity contribution in [2.24, 2.45) is 0 Å². The zero-order chi connectivity index (χ0) is 12.3. The number of carbonyl (C=O) groups excluding carboxylic acids is 2. The van der Waals surface area contributed by atoms with Gasteiger partial charge in [0.2, 0.25) is 11.8 Å². The van der Waals surface area contributed by atoms with Crippen molar-refractivity contribution < 1.29 is 19.6 Å². The number of likely N-dealkylation sites (tertiary alicyclic amines) is 1. The largest absolute Gasteiger partial charge is 0.475 e. The number of likely N-dealkylation sites (N-methyl/N-ethyl adjacent to an activating group) is 1. The Bertz CT molecular complexity index is 285. The van der Waals surface area contributed by atoms with Gasteiger partial charge in [-0.3, -0.25) is 9.59 Å². The Labute approximate surface area is 95.0 Å². The molecule has 0 aliphatic carbocycles. The molecule has 1 heterocycles. The van der Waals surface area contributed by atoms with E-state index in [2.05, 4.69) is 0 Å². The van der Waals surface area contributed by atoms with Crippen molar-refractivity contribution in [1.29, 1.82) is 0 Å². The molecule has 0 unspecified atom stereocenters. The molecule has 0 spiro atoms. The monoisotopic (exact) mass is 228 g/mol. The molecule has 16 heavy (non-hydrogen) atoms. The number of rotatable bonds is 3. The second kappa shape index (κ2) is 5.31. The molecule has 1 rings (SSSR count). The van der Waals surface area contributed by atoms with Crippen LogP contribution in [0.3, 0.4) is 0 Å². The number of hydrogen-bond donors (Lipinski definition) is 2. The lowest BCUT2D eigenvalue weighted by atomic mass is 9.78. The molecule has 1 aliphatic rings. The van der Waals surface area contributed by atoms with E-state index in [1.807, 2.05) is 0 Å². The van der Waals surface area contributed by atoms with E-state index in [9.17, 15) is 9.59 Å². The molecule has 0 bridgehead atoms. The van der Waals surface area contributed by atoms with Gasteiger partial charge in [0.25, 0.3) is 0 Å². The Kier molecular flexibility index (Phi) is 4.31. The normalized spacial score (nSPS) is 19.8. The second-order valence-corrected chi connectivity index (χ2v) is 4.09. The highest BCUT2D eigenvalue weighted by Gasteiger charge is 2.36. The number of hydrogen-bond acceptors (Lipinski definition) is 4. The van der Waals surface area contributed by atoms with Gasteiger partial charge in [-0.2, -0.15) is 0 Å². The van der Waals surface area contributed by atoms with Crippen LogP contribution in [0.2, 0.25) is 0 Å². The second-order valence-electron chi connectivity index (χ2n) is 4.09. The van der Waals surface area contributed by atoms with Crippen LogP contribution >= 0.6 is 0 Å². The van der Waals surface area contributed by atoms with E-state index in [0.29, 0.717) is 13.0 Å². The first-order chi connectivity index (χ1) is 7.43. The van der Waals surface area contributed by atoms with Gasteiger partial charge in [-0.25, -0.2) is 0 Å². The van der Waals surface area contributed by atoms with Crippen molar-refractivity contribution in [2.75, 3.05) is 20.1 Å². The lowest BCUT2D eigenvalue weighted by molar-refractivity contribution is -0.138. The molecule has 1 saturated heterocycles. The van der Waals surface area contributed by atoms with Gasteiger partial charge in [0.05, 0.1) is 12.5 Å². The average Bonchev–Trinajstić information content (AvgIpc) is 2.65. The van der Waals surface area contributed by atoms with E-state index in [0.717, 1.165) is 6.42 Å². The van der Waals surface area contributed by atoms with Gasteiger partial charge >= 0.3 is 7.12 Å². The highest BCUT2D eigenvalue weighted by atomic mass is 16.4. The van der Waals surface area contributed by atoms with Gasteiger partial charge in [-0.1, -0.05) is 0 Å². The van der Waals surface area contributed by atoms with Crippen LogP contribution in [0.5, 0.6) is 0 Å². The van der Waals surface area contributed by atoms with Crippen LogP contribution in [0.4, 0.5) is 0 Å². The third kappa shape index (κ3) is 2.96. The topological polar surface area (TPSA) is 81.1 Å². The van der Waals surface area contributed by atoms with Crippen LogP contribution in [-0.4, -0.2) is 64.9 Å².